The van der Waals surface area contributed by atoms with Crippen LogP contribution in [0.3, 0.4) is 0 Å². The van der Waals surface area contributed by atoms with Crippen LogP contribution in [0.4, 0.5) is 5.82 Å². The smallest absolute Gasteiger partial charge is 0.344 e. The molecule has 3 rings (SSSR count). The molecule has 0 bridgehead atoms. The Labute approximate surface area is 183 Å². The molecule has 0 radical (unpaired) electrons. The highest BCUT2D eigenvalue weighted by molar-refractivity contribution is 5.93. The van der Waals surface area contributed by atoms with E-state index in [1.54, 1.807) is 6.07 Å². The van der Waals surface area contributed by atoms with Crippen molar-refractivity contribution < 1.29 is 19.1 Å². The van der Waals surface area contributed by atoms with Crippen LogP contribution in [0.5, 0.6) is 5.75 Å². The van der Waals surface area contributed by atoms with Gasteiger partial charge in [-0.3, -0.25) is 4.79 Å². The Balaban J connectivity index is 1.59. The van der Waals surface area contributed by atoms with Crippen LogP contribution in [-0.4, -0.2) is 29.7 Å². The lowest BCUT2D eigenvalue weighted by Gasteiger charge is -2.19. The second-order valence-electron chi connectivity index (χ2n) is 8.10. The molecule has 1 amide bonds. The number of amides is 1. The summed E-state index contributed by atoms with van der Waals surface area (Å²) in [7, 11) is 0. The number of hydrogen-bond acceptors (Lipinski definition) is 5. The first-order valence-electron chi connectivity index (χ1n) is 10.6. The van der Waals surface area contributed by atoms with Gasteiger partial charge in [0.05, 0.1) is 5.56 Å². The number of nitriles is 1. The van der Waals surface area contributed by atoms with Crippen LogP contribution in [-0.2, 0) is 14.3 Å². The minimum absolute atomic E-state index is 0.269. The number of esters is 1. The molecule has 1 aromatic carbocycles. The molecule has 7 heteroatoms. The lowest BCUT2D eigenvalue weighted by molar-refractivity contribution is -0.149. The molecule has 1 fully saturated rings. The van der Waals surface area contributed by atoms with Crippen LogP contribution in [0.25, 0.3) is 0 Å². The summed E-state index contributed by atoms with van der Waals surface area (Å²) in [5.41, 5.74) is 4.51. The van der Waals surface area contributed by atoms with E-state index in [2.05, 4.69) is 16.0 Å². The predicted molar refractivity (Wildman–Crippen MR) is 117 cm³/mol. The second-order valence-corrected chi connectivity index (χ2v) is 8.10. The van der Waals surface area contributed by atoms with E-state index in [0.29, 0.717) is 17.1 Å². The van der Waals surface area contributed by atoms with Crippen LogP contribution in [0, 0.1) is 39.0 Å². The Morgan fingerprint density at radius 1 is 1.13 bits per heavy atom. The zero-order chi connectivity index (χ0) is 22.5. The number of ether oxygens (including phenoxy) is 2. The van der Waals surface area contributed by atoms with Gasteiger partial charge in [0.25, 0.3) is 5.91 Å². The maximum atomic E-state index is 12.5. The van der Waals surface area contributed by atoms with E-state index in [4.69, 9.17) is 9.47 Å². The molecule has 2 aromatic rings. The normalized spacial score (nSPS) is 13.6. The van der Waals surface area contributed by atoms with Crippen molar-refractivity contribution >= 4 is 17.7 Å². The molecular formula is C24H29N3O4. The van der Waals surface area contributed by atoms with Crippen molar-refractivity contribution in [2.24, 2.45) is 0 Å². The Hall–Kier alpha value is -3.27. The number of aryl methyl sites for hydroxylation is 2. The number of nitrogens with one attached hydrogen (secondary N) is 1. The molecule has 0 atom stereocenters. The number of benzene rings is 1. The highest BCUT2D eigenvalue weighted by Gasteiger charge is 2.26. The number of carbonyl (C=O) groups excluding carboxylic acids is 2. The Morgan fingerprint density at radius 2 is 1.84 bits per heavy atom. The third kappa shape index (κ3) is 5.08. The maximum absolute atomic E-state index is 12.5. The average Bonchev–Trinajstić information content (AvgIpc) is 3.34. The van der Waals surface area contributed by atoms with Crippen molar-refractivity contribution in [2.45, 2.75) is 59.4 Å². The quantitative estimate of drug-likeness (QED) is 0.671. The molecule has 7 nitrogen and oxygen atoms in total. The average molecular weight is 424 g/mol. The van der Waals surface area contributed by atoms with Gasteiger partial charge in [-0.15, -0.1) is 0 Å². The van der Waals surface area contributed by atoms with Gasteiger partial charge >= 0.3 is 5.97 Å². The van der Waals surface area contributed by atoms with E-state index in [1.165, 1.54) is 0 Å². The molecule has 0 unspecified atom stereocenters. The van der Waals surface area contributed by atoms with Crippen molar-refractivity contribution in [1.82, 2.24) is 4.57 Å². The fourth-order valence-corrected chi connectivity index (χ4v) is 4.01. The van der Waals surface area contributed by atoms with E-state index in [0.717, 1.165) is 48.1 Å². The van der Waals surface area contributed by atoms with E-state index < -0.39 is 18.5 Å². The van der Waals surface area contributed by atoms with Crippen molar-refractivity contribution in [3.05, 3.63) is 46.1 Å². The Bertz CT molecular complexity index is 1030. The lowest BCUT2D eigenvalue weighted by atomic mass is 10.1. The van der Waals surface area contributed by atoms with E-state index in [1.807, 2.05) is 39.8 Å². The number of anilines is 1. The van der Waals surface area contributed by atoms with Crippen LogP contribution in [0.1, 0.15) is 59.7 Å². The molecule has 1 aliphatic carbocycles. The number of nitrogens with zero attached hydrogens (tertiary/aromatic N) is 2. The highest BCUT2D eigenvalue weighted by atomic mass is 16.6. The van der Waals surface area contributed by atoms with E-state index in [-0.39, 0.29) is 12.6 Å². The van der Waals surface area contributed by atoms with Gasteiger partial charge in [-0.1, -0.05) is 18.9 Å². The number of carbonyl (C=O) groups is 2. The zero-order valence-corrected chi connectivity index (χ0v) is 18.6. The fraction of sp³-hybridized carbons (Fsp3) is 0.458. The third-order valence-corrected chi connectivity index (χ3v) is 6.02. The van der Waals surface area contributed by atoms with Crippen molar-refractivity contribution in [3.8, 4) is 11.8 Å². The SMILES string of the molecule is Cc1ccc(OCC(=O)OCC(=O)Nc2c(C#N)c(C)c(C)n2C2CCCC2)cc1C. The zero-order valence-electron chi connectivity index (χ0n) is 18.6. The third-order valence-electron chi connectivity index (χ3n) is 6.02. The summed E-state index contributed by atoms with van der Waals surface area (Å²) in [5.74, 6) is -0.0412. The van der Waals surface area contributed by atoms with Crippen molar-refractivity contribution in [2.75, 3.05) is 18.5 Å². The van der Waals surface area contributed by atoms with Gasteiger partial charge in [0.2, 0.25) is 0 Å². The van der Waals surface area contributed by atoms with E-state index in [9.17, 15) is 14.9 Å². The standard InChI is InChI=1S/C24H29N3O4/c1-15-9-10-20(11-16(15)2)30-14-23(29)31-13-22(28)26-24-21(12-25)17(3)18(4)27(24)19-7-5-6-8-19/h9-11,19H,5-8,13-14H2,1-4H3,(H,26,28). The Morgan fingerprint density at radius 3 is 2.48 bits per heavy atom. The minimum Gasteiger partial charge on any atom is -0.482 e. The molecule has 1 saturated carbocycles. The maximum Gasteiger partial charge on any atom is 0.344 e. The van der Waals surface area contributed by atoms with Crippen molar-refractivity contribution in [1.29, 1.82) is 5.26 Å². The molecule has 31 heavy (non-hydrogen) atoms. The van der Waals surface area contributed by atoms with Gasteiger partial charge < -0.3 is 19.4 Å². The summed E-state index contributed by atoms with van der Waals surface area (Å²) < 4.78 is 12.6. The largest absolute Gasteiger partial charge is 0.482 e. The van der Waals surface area contributed by atoms with Crippen LogP contribution in [0.2, 0.25) is 0 Å². The summed E-state index contributed by atoms with van der Waals surface area (Å²) in [6.45, 7) is 7.10. The van der Waals surface area contributed by atoms with Crippen LogP contribution >= 0.6 is 0 Å². The minimum atomic E-state index is -0.632. The van der Waals surface area contributed by atoms with Gasteiger partial charge in [0.1, 0.15) is 17.6 Å². The number of rotatable bonds is 7. The summed E-state index contributed by atoms with van der Waals surface area (Å²) in [6, 6.07) is 8.02. The van der Waals surface area contributed by atoms with Crippen LogP contribution < -0.4 is 10.1 Å². The van der Waals surface area contributed by atoms with Gasteiger partial charge in [0, 0.05) is 11.7 Å². The summed E-state index contributed by atoms with van der Waals surface area (Å²) in [4.78, 5) is 24.5. The summed E-state index contributed by atoms with van der Waals surface area (Å²) in [5, 5.41) is 12.4. The topological polar surface area (TPSA) is 93.3 Å². The van der Waals surface area contributed by atoms with Crippen LogP contribution in [0.15, 0.2) is 18.2 Å². The predicted octanol–water partition coefficient (Wildman–Crippen LogP) is 4.27. The second kappa shape index (κ2) is 9.69. The first kappa shape index (κ1) is 22.4. The van der Waals surface area contributed by atoms with E-state index >= 15 is 0 Å². The molecule has 0 saturated heterocycles. The van der Waals surface area contributed by atoms with Crippen molar-refractivity contribution in [3.63, 3.8) is 0 Å². The monoisotopic (exact) mass is 423 g/mol. The Kier molecular flexibility index (Phi) is 7.01. The molecule has 1 N–H and O–H groups in total. The summed E-state index contributed by atoms with van der Waals surface area (Å²) >= 11 is 0. The molecule has 0 spiro atoms. The first-order valence-corrected chi connectivity index (χ1v) is 10.6. The summed E-state index contributed by atoms with van der Waals surface area (Å²) in [6.07, 6.45) is 4.31. The molecule has 1 aliphatic rings. The lowest BCUT2D eigenvalue weighted by Crippen LogP contribution is -2.25. The number of hydrogen-bond donors (Lipinski definition) is 1. The highest BCUT2D eigenvalue weighted by Crippen LogP contribution is 2.37. The van der Waals surface area contributed by atoms with Gasteiger partial charge in [-0.05, 0) is 69.4 Å². The molecule has 1 heterocycles. The van der Waals surface area contributed by atoms with Gasteiger partial charge in [-0.2, -0.15) is 5.26 Å². The number of aromatic nitrogens is 1. The molecular weight excluding hydrogens is 394 g/mol. The van der Waals surface area contributed by atoms with Gasteiger partial charge in [-0.25, -0.2) is 4.79 Å². The molecule has 0 aliphatic heterocycles. The fourth-order valence-electron chi connectivity index (χ4n) is 4.01. The molecule has 164 valence electrons. The molecule has 1 aromatic heterocycles. The first-order chi connectivity index (χ1) is 14.8. The van der Waals surface area contributed by atoms with Gasteiger partial charge in [0.15, 0.2) is 13.2 Å².